The molecule has 0 spiro atoms. The molecule has 1 heterocycles. The van der Waals surface area contributed by atoms with Crippen LogP contribution in [0.5, 0.6) is 0 Å². The number of benzene rings is 1. The van der Waals surface area contributed by atoms with E-state index in [1.54, 1.807) is 0 Å². The summed E-state index contributed by atoms with van der Waals surface area (Å²) >= 11 is 12.1. The summed E-state index contributed by atoms with van der Waals surface area (Å²) in [6.45, 7) is 0. The largest absolute Gasteiger partial charge is 0.311 e. The fourth-order valence-electron chi connectivity index (χ4n) is 2.14. The Bertz CT molecular complexity index is 561. The molecule has 1 aromatic heterocycles. The first-order chi connectivity index (χ1) is 8.79. The lowest BCUT2D eigenvalue weighted by atomic mass is 10.1. The predicted molar refractivity (Wildman–Crippen MR) is 72.1 cm³/mol. The van der Waals surface area contributed by atoms with Gasteiger partial charge in [0.1, 0.15) is 11.6 Å². The summed E-state index contributed by atoms with van der Waals surface area (Å²) in [5.41, 5.74) is 1.08. The van der Waals surface area contributed by atoms with Gasteiger partial charge >= 0.3 is 0 Å². The molecule has 0 atom stereocenters. The highest BCUT2D eigenvalue weighted by Crippen LogP contribution is 2.37. The van der Waals surface area contributed by atoms with Crippen molar-refractivity contribution in [2.24, 2.45) is 0 Å². The normalized spacial score (nSPS) is 15.0. The van der Waals surface area contributed by atoms with Crippen molar-refractivity contribution >= 4 is 23.2 Å². The quantitative estimate of drug-likeness (QED) is 0.802. The minimum atomic E-state index is 0.409. The number of aromatic nitrogens is 3. The molecule has 2 aromatic rings. The van der Waals surface area contributed by atoms with Gasteiger partial charge in [0.2, 0.25) is 0 Å². The van der Waals surface area contributed by atoms with E-state index in [0.717, 1.165) is 22.2 Å². The highest BCUT2D eigenvalue weighted by atomic mass is 35.5. The summed E-state index contributed by atoms with van der Waals surface area (Å²) < 4.78 is 2.18. The molecule has 0 N–H and O–H groups in total. The van der Waals surface area contributed by atoms with E-state index in [9.17, 15) is 0 Å². The Morgan fingerprint density at radius 3 is 2.56 bits per heavy atom. The number of halogens is 2. The zero-order valence-electron chi connectivity index (χ0n) is 9.81. The standard InChI is InChI=1S/C13H13Cl2N3/c14-8-13-17-16-12(18(13)10-5-6-10)7-9-3-1-2-4-11(9)15/h1-4,10H,5-8H2. The first-order valence-electron chi connectivity index (χ1n) is 6.01. The Labute approximate surface area is 116 Å². The van der Waals surface area contributed by atoms with Gasteiger partial charge < -0.3 is 4.57 Å². The highest BCUT2D eigenvalue weighted by molar-refractivity contribution is 6.31. The number of nitrogens with zero attached hydrogens (tertiary/aromatic N) is 3. The summed E-state index contributed by atoms with van der Waals surface area (Å²) in [6, 6.07) is 8.38. The van der Waals surface area contributed by atoms with Crippen molar-refractivity contribution in [2.45, 2.75) is 31.2 Å². The number of hydrogen-bond donors (Lipinski definition) is 0. The molecule has 1 fully saturated rings. The molecule has 3 rings (SSSR count). The Morgan fingerprint density at radius 1 is 1.17 bits per heavy atom. The number of alkyl halides is 1. The molecule has 18 heavy (non-hydrogen) atoms. The summed E-state index contributed by atoms with van der Waals surface area (Å²) in [6.07, 6.45) is 3.09. The lowest BCUT2D eigenvalue weighted by Gasteiger charge is -2.08. The summed E-state index contributed by atoms with van der Waals surface area (Å²) in [7, 11) is 0. The fraction of sp³-hybridized carbons (Fsp3) is 0.385. The van der Waals surface area contributed by atoms with Crippen LogP contribution >= 0.6 is 23.2 Å². The van der Waals surface area contributed by atoms with Gasteiger partial charge in [-0.3, -0.25) is 0 Å². The minimum absolute atomic E-state index is 0.409. The first kappa shape index (κ1) is 12.0. The van der Waals surface area contributed by atoms with Crippen LogP contribution in [0, 0.1) is 0 Å². The van der Waals surface area contributed by atoms with Crippen LogP contribution in [0.3, 0.4) is 0 Å². The molecule has 5 heteroatoms. The summed E-state index contributed by atoms with van der Waals surface area (Å²) in [5.74, 6) is 2.23. The van der Waals surface area contributed by atoms with Crippen LogP contribution in [0.1, 0.15) is 36.1 Å². The van der Waals surface area contributed by atoms with Gasteiger partial charge in [0, 0.05) is 17.5 Å². The lowest BCUT2D eigenvalue weighted by Crippen LogP contribution is -2.05. The molecule has 94 valence electrons. The number of hydrogen-bond acceptors (Lipinski definition) is 2. The third-order valence-corrected chi connectivity index (χ3v) is 3.78. The molecule has 0 bridgehead atoms. The monoisotopic (exact) mass is 281 g/mol. The smallest absolute Gasteiger partial charge is 0.148 e. The van der Waals surface area contributed by atoms with Crippen LogP contribution in [0.2, 0.25) is 5.02 Å². The molecule has 0 saturated heterocycles. The second-order valence-electron chi connectivity index (χ2n) is 4.54. The summed E-state index contributed by atoms with van der Waals surface area (Å²) in [4.78, 5) is 0. The van der Waals surface area contributed by atoms with Crippen molar-refractivity contribution < 1.29 is 0 Å². The number of rotatable bonds is 4. The molecule has 1 aliphatic rings. The lowest BCUT2D eigenvalue weighted by molar-refractivity contribution is 0.669. The van der Waals surface area contributed by atoms with Gasteiger partial charge in [0.25, 0.3) is 0 Å². The van der Waals surface area contributed by atoms with E-state index in [1.807, 2.05) is 24.3 Å². The molecule has 1 aliphatic carbocycles. The Kier molecular flexibility index (Phi) is 3.27. The van der Waals surface area contributed by atoms with Gasteiger partial charge in [-0.15, -0.1) is 21.8 Å². The average molecular weight is 282 g/mol. The van der Waals surface area contributed by atoms with Gasteiger partial charge in [-0.1, -0.05) is 29.8 Å². The van der Waals surface area contributed by atoms with Crippen LogP contribution < -0.4 is 0 Å². The first-order valence-corrected chi connectivity index (χ1v) is 6.93. The van der Waals surface area contributed by atoms with Crippen molar-refractivity contribution in [1.82, 2.24) is 14.8 Å². The SMILES string of the molecule is ClCc1nnc(Cc2ccccc2Cl)n1C1CC1. The second kappa shape index (κ2) is 4.90. The molecular formula is C13H13Cl2N3. The van der Waals surface area contributed by atoms with E-state index in [1.165, 1.54) is 12.8 Å². The van der Waals surface area contributed by atoms with E-state index < -0.39 is 0 Å². The molecule has 0 radical (unpaired) electrons. The zero-order valence-corrected chi connectivity index (χ0v) is 11.3. The maximum Gasteiger partial charge on any atom is 0.148 e. The molecule has 0 unspecified atom stereocenters. The van der Waals surface area contributed by atoms with Crippen molar-refractivity contribution in [3.05, 3.63) is 46.5 Å². The third-order valence-electron chi connectivity index (χ3n) is 3.17. The Balaban J connectivity index is 1.93. The summed E-state index contributed by atoms with van der Waals surface area (Å²) in [5, 5.41) is 9.19. The molecule has 0 aliphatic heterocycles. The van der Waals surface area contributed by atoms with E-state index in [0.29, 0.717) is 18.3 Å². The molecule has 0 amide bonds. The topological polar surface area (TPSA) is 30.7 Å². The van der Waals surface area contributed by atoms with Gasteiger partial charge in [-0.2, -0.15) is 0 Å². The average Bonchev–Trinajstić information content (AvgIpc) is 3.14. The second-order valence-corrected chi connectivity index (χ2v) is 5.21. The van der Waals surface area contributed by atoms with Gasteiger partial charge in [0.15, 0.2) is 0 Å². The third kappa shape index (κ3) is 2.25. The van der Waals surface area contributed by atoms with Crippen LogP contribution in [0.4, 0.5) is 0 Å². The van der Waals surface area contributed by atoms with E-state index in [2.05, 4.69) is 14.8 Å². The van der Waals surface area contributed by atoms with Crippen LogP contribution in [-0.4, -0.2) is 14.8 Å². The fourth-order valence-corrected chi connectivity index (χ4v) is 2.52. The van der Waals surface area contributed by atoms with Crippen molar-refractivity contribution in [3.63, 3.8) is 0 Å². The van der Waals surface area contributed by atoms with Crippen molar-refractivity contribution in [1.29, 1.82) is 0 Å². The van der Waals surface area contributed by atoms with Gasteiger partial charge in [0.05, 0.1) is 5.88 Å². The predicted octanol–water partition coefficient (Wildman–Crippen LogP) is 3.60. The minimum Gasteiger partial charge on any atom is -0.311 e. The van der Waals surface area contributed by atoms with Gasteiger partial charge in [-0.25, -0.2) is 0 Å². The molecule has 3 nitrogen and oxygen atoms in total. The molecular weight excluding hydrogens is 269 g/mol. The van der Waals surface area contributed by atoms with E-state index >= 15 is 0 Å². The van der Waals surface area contributed by atoms with Crippen molar-refractivity contribution in [3.8, 4) is 0 Å². The Morgan fingerprint density at radius 2 is 1.89 bits per heavy atom. The highest BCUT2D eigenvalue weighted by Gasteiger charge is 2.29. The van der Waals surface area contributed by atoms with Gasteiger partial charge in [-0.05, 0) is 24.5 Å². The zero-order chi connectivity index (χ0) is 12.5. The van der Waals surface area contributed by atoms with Crippen LogP contribution in [0.15, 0.2) is 24.3 Å². The molecule has 1 saturated carbocycles. The van der Waals surface area contributed by atoms with Crippen molar-refractivity contribution in [2.75, 3.05) is 0 Å². The maximum absolute atomic E-state index is 6.18. The Hall–Kier alpha value is -1.06. The van der Waals surface area contributed by atoms with Crippen LogP contribution in [-0.2, 0) is 12.3 Å². The maximum atomic E-state index is 6.18. The van der Waals surface area contributed by atoms with E-state index in [-0.39, 0.29) is 0 Å². The van der Waals surface area contributed by atoms with Crippen LogP contribution in [0.25, 0.3) is 0 Å². The molecule has 1 aromatic carbocycles. The van der Waals surface area contributed by atoms with E-state index in [4.69, 9.17) is 23.2 Å².